The Bertz CT molecular complexity index is 615. The van der Waals surface area contributed by atoms with Crippen LogP contribution in [0.25, 0.3) is 5.69 Å². The van der Waals surface area contributed by atoms with Crippen molar-refractivity contribution in [3.63, 3.8) is 0 Å². The van der Waals surface area contributed by atoms with Gasteiger partial charge in [-0.25, -0.2) is 9.67 Å². The maximum absolute atomic E-state index is 12.4. The van der Waals surface area contributed by atoms with Gasteiger partial charge in [0.1, 0.15) is 12.7 Å². The molecule has 2 aromatic rings. The number of aromatic nitrogens is 3. The number of hydrogen-bond donors (Lipinski definition) is 2. The zero-order valence-corrected chi connectivity index (χ0v) is 14.3. The number of rotatable bonds is 7. The zero-order valence-electron chi connectivity index (χ0n) is 13.5. The number of carbonyl (C=O) groups is 1. The summed E-state index contributed by atoms with van der Waals surface area (Å²) in [5, 5.41) is 7.10. The predicted octanol–water partition coefficient (Wildman–Crippen LogP) is 2.24. The SMILES string of the molecule is CCCCC(CN)NC(=O)c1ccc(-n2cncn2)cc1C.Cl. The number of nitrogens with zero attached hydrogens (tertiary/aromatic N) is 3. The Morgan fingerprint density at radius 3 is 2.78 bits per heavy atom. The average molecular weight is 338 g/mol. The van der Waals surface area contributed by atoms with Gasteiger partial charge in [0.2, 0.25) is 0 Å². The molecular weight excluding hydrogens is 314 g/mol. The van der Waals surface area contributed by atoms with Gasteiger partial charge in [0.15, 0.2) is 0 Å². The molecule has 1 atom stereocenters. The fourth-order valence-corrected chi connectivity index (χ4v) is 2.35. The van der Waals surface area contributed by atoms with E-state index in [9.17, 15) is 4.79 Å². The molecule has 2 rings (SSSR count). The normalized spacial score (nSPS) is 11.6. The fraction of sp³-hybridized carbons (Fsp3) is 0.438. The lowest BCUT2D eigenvalue weighted by Gasteiger charge is -2.17. The van der Waals surface area contributed by atoms with Crippen LogP contribution < -0.4 is 11.1 Å². The molecule has 1 heterocycles. The van der Waals surface area contributed by atoms with E-state index in [4.69, 9.17) is 5.73 Å². The molecule has 3 N–H and O–H groups in total. The van der Waals surface area contributed by atoms with Gasteiger partial charge in [-0.2, -0.15) is 5.10 Å². The fourth-order valence-electron chi connectivity index (χ4n) is 2.35. The van der Waals surface area contributed by atoms with Crippen molar-refractivity contribution in [1.29, 1.82) is 0 Å². The molecule has 7 heteroatoms. The predicted molar refractivity (Wildman–Crippen MR) is 93.2 cm³/mol. The highest BCUT2D eigenvalue weighted by molar-refractivity contribution is 5.96. The highest BCUT2D eigenvalue weighted by Crippen LogP contribution is 2.14. The first-order chi connectivity index (χ1) is 10.7. The summed E-state index contributed by atoms with van der Waals surface area (Å²) >= 11 is 0. The van der Waals surface area contributed by atoms with Crippen LogP contribution in [0.5, 0.6) is 0 Å². The summed E-state index contributed by atoms with van der Waals surface area (Å²) in [5.41, 5.74) is 8.18. The summed E-state index contributed by atoms with van der Waals surface area (Å²) in [6.45, 7) is 4.50. The van der Waals surface area contributed by atoms with E-state index < -0.39 is 0 Å². The van der Waals surface area contributed by atoms with Gasteiger partial charge in [0.05, 0.1) is 5.69 Å². The van der Waals surface area contributed by atoms with Crippen LogP contribution in [0.1, 0.15) is 42.1 Å². The Hall–Kier alpha value is -1.92. The molecule has 0 fully saturated rings. The lowest BCUT2D eigenvalue weighted by Crippen LogP contribution is -2.40. The first kappa shape index (κ1) is 19.1. The molecule has 0 spiro atoms. The van der Waals surface area contributed by atoms with Crippen molar-refractivity contribution in [3.8, 4) is 5.69 Å². The summed E-state index contributed by atoms with van der Waals surface area (Å²) in [4.78, 5) is 16.3. The lowest BCUT2D eigenvalue weighted by molar-refractivity contribution is 0.0935. The summed E-state index contributed by atoms with van der Waals surface area (Å²) in [5.74, 6) is -0.0748. The van der Waals surface area contributed by atoms with Crippen molar-refractivity contribution in [2.75, 3.05) is 6.54 Å². The van der Waals surface area contributed by atoms with E-state index in [1.807, 2.05) is 25.1 Å². The monoisotopic (exact) mass is 337 g/mol. The topological polar surface area (TPSA) is 85.8 Å². The molecule has 0 aliphatic rings. The Balaban J connectivity index is 0.00000264. The maximum Gasteiger partial charge on any atom is 0.251 e. The second-order valence-corrected chi connectivity index (χ2v) is 5.39. The molecule has 0 aliphatic carbocycles. The van der Waals surface area contributed by atoms with Gasteiger partial charge in [0.25, 0.3) is 5.91 Å². The van der Waals surface area contributed by atoms with Gasteiger partial charge in [-0.05, 0) is 37.1 Å². The molecular formula is C16H24ClN5O. The Labute approximate surface area is 142 Å². The first-order valence-electron chi connectivity index (χ1n) is 7.62. The van der Waals surface area contributed by atoms with Crippen LogP contribution in [0.15, 0.2) is 30.9 Å². The molecule has 0 radical (unpaired) electrons. The van der Waals surface area contributed by atoms with E-state index in [-0.39, 0.29) is 24.4 Å². The van der Waals surface area contributed by atoms with Crippen LogP contribution in [0.4, 0.5) is 0 Å². The molecule has 23 heavy (non-hydrogen) atoms. The van der Waals surface area contributed by atoms with E-state index in [1.165, 1.54) is 6.33 Å². The average Bonchev–Trinajstić information content (AvgIpc) is 3.05. The smallest absolute Gasteiger partial charge is 0.251 e. The Morgan fingerprint density at radius 1 is 1.43 bits per heavy atom. The highest BCUT2D eigenvalue weighted by Gasteiger charge is 2.14. The molecule has 0 aliphatic heterocycles. The zero-order chi connectivity index (χ0) is 15.9. The second kappa shape index (κ2) is 9.27. The van der Waals surface area contributed by atoms with E-state index in [0.717, 1.165) is 30.5 Å². The quantitative estimate of drug-likeness (QED) is 0.811. The van der Waals surface area contributed by atoms with Crippen LogP contribution >= 0.6 is 12.4 Å². The van der Waals surface area contributed by atoms with Gasteiger partial charge in [-0.1, -0.05) is 19.8 Å². The van der Waals surface area contributed by atoms with Crippen molar-refractivity contribution in [1.82, 2.24) is 20.1 Å². The number of amides is 1. The van der Waals surface area contributed by atoms with Gasteiger partial charge >= 0.3 is 0 Å². The molecule has 126 valence electrons. The van der Waals surface area contributed by atoms with E-state index in [0.29, 0.717) is 12.1 Å². The van der Waals surface area contributed by atoms with Crippen LogP contribution in [0.3, 0.4) is 0 Å². The van der Waals surface area contributed by atoms with Crippen LogP contribution in [0, 0.1) is 6.92 Å². The van der Waals surface area contributed by atoms with Gasteiger partial charge < -0.3 is 11.1 Å². The standard InChI is InChI=1S/C16H23N5O.ClH/c1-3-4-5-13(9-17)20-16(22)15-7-6-14(8-12(15)2)21-11-18-10-19-21;/h6-8,10-11,13H,3-5,9,17H2,1-2H3,(H,20,22);1H. The van der Waals surface area contributed by atoms with Crippen molar-refractivity contribution >= 4 is 18.3 Å². The van der Waals surface area contributed by atoms with Gasteiger partial charge in [-0.3, -0.25) is 4.79 Å². The highest BCUT2D eigenvalue weighted by atomic mass is 35.5. The van der Waals surface area contributed by atoms with Crippen molar-refractivity contribution in [2.24, 2.45) is 5.73 Å². The lowest BCUT2D eigenvalue weighted by atomic mass is 10.1. The molecule has 1 amide bonds. The number of carbonyl (C=O) groups excluding carboxylic acids is 1. The van der Waals surface area contributed by atoms with E-state index in [1.54, 1.807) is 11.0 Å². The molecule has 0 bridgehead atoms. The minimum Gasteiger partial charge on any atom is -0.348 e. The molecule has 6 nitrogen and oxygen atoms in total. The van der Waals surface area contributed by atoms with Gasteiger partial charge in [-0.15, -0.1) is 12.4 Å². The first-order valence-corrected chi connectivity index (χ1v) is 7.62. The summed E-state index contributed by atoms with van der Waals surface area (Å²) in [6.07, 6.45) is 6.18. The van der Waals surface area contributed by atoms with E-state index >= 15 is 0 Å². The van der Waals surface area contributed by atoms with Gasteiger partial charge in [0, 0.05) is 18.2 Å². The Morgan fingerprint density at radius 2 is 2.22 bits per heavy atom. The Kier molecular flexibility index (Phi) is 7.71. The number of halogens is 1. The van der Waals surface area contributed by atoms with E-state index in [2.05, 4.69) is 22.3 Å². The van der Waals surface area contributed by atoms with Crippen molar-refractivity contribution in [2.45, 2.75) is 39.2 Å². The second-order valence-electron chi connectivity index (χ2n) is 5.39. The van der Waals surface area contributed by atoms with Crippen LogP contribution in [0.2, 0.25) is 0 Å². The molecule has 0 saturated carbocycles. The third-order valence-corrected chi connectivity index (χ3v) is 3.66. The molecule has 1 aromatic carbocycles. The van der Waals surface area contributed by atoms with Crippen molar-refractivity contribution < 1.29 is 4.79 Å². The number of aryl methyl sites for hydroxylation is 1. The van der Waals surface area contributed by atoms with Crippen molar-refractivity contribution in [3.05, 3.63) is 42.0 Å². The summed E-state index contributed by atoms with van der Waals surface area (Å²) < 4.78 is 1.67. The molecule has 1 unspecified atom stereocenters. The van der Waals surface area contributed by atoms with Crippen LogP contribution in [-0.2, 0) is 0 Å². The summed E-state index contributed by atoms with van der Waals surface area (Å²) in [6, 6.07) is 5.63. The number of unbranched alkanes of at least 4 members (excludes halogenated alkanes) is 1. The molecule has 1 aromatic heterocycles. The number of nitrogens with one attached hydrogen (secondary N) is 1. The number of nitrogens with two attached hydrogens (primary N) is 1. The third kappa shape index (κ3) is 5.04. The number of benzene rings is 1. The minimum absolute atomic E-state index is 0. The summed E-state index contributed by atoms with van der Waals surface area (Å²) in [7, 11) is 0. The third-order valence-electron chi connectivity index (χ3n) is 3.66. The van der Waals surface area contributed by atoms with Crippen LogP contribution in [-0.4, -0.2) is 33.3 Å². The largest absolute Gasteiger partial charge is 0.348 e. The maximum atomic E-state index is 12.4. The minimum atomic E-state index is -0.0748. The molecule has 0 saturated heterocycles. The number of hydrogen-bond acceptors (Lipinski definition) is 4.